The fourth-order valence-electron chi connectivity index (χ4n) is 15.5. The van der Waals surface area contributed by atoms with Gasteiger partial charge < -0.3 is 9.80 Å². The van der Waals surface area contributed by atoms with Crippen LogP contribution in [0.15, 0.2) is 267 Å². The van der Waals surface area contributed by atoms with E-state index in [0.29, 0.717) is 0 Å². The lowest BCUT2D eigenvalue weighted by atomic mass is 9.31. The standard InChI is InChI=1S/C78H50B2N2/c1-47-39-63-59-43-57(55-33-17-15-31-53(55)49-23-7-3-8-24-49)61-46-68-74-60(64-40-48(2)42-72-78(64)80(68)66-36-20-22-38-70(66)82(72)52-29-13-6-14-30-52)44-58(56-34-18-16-32-54(56)50-25-9-4-10-26-50)62-45-67(73(59)75(61)76(62)74)79-65-35-19-21-37-69(65)81(71(41-47)77(63)79)51-27-11-5-12-28-51/h3-46H,1-2H3. The second-order valence-electron chi connectivity index (χ2n) is 23.1. The van der Waals surface area contributed by atoms with Gasteiger partial charge in [0, 0.05) is 34.1 Å². The van der Waals surface area contributed by atoms with Crippen molar-refractivity contribution in [2.45, 2.75) is 13.8 Å². The van der Waals surface area contributed by atoms with Crippen molar-refractivity contribution in [2.24, 2.45) is 0 Å². The molecule has 0 saturated carbocycles. The van der Waals surface area contributed by atoms with E-state index in [1.54, 1.807) is 0 Å². The lowest BCUT2D eigenvalue weighted by Crippen LogP contribution is -2.60. The summed E-state index contributed by atoms with van der Waals surface area (Å²) in [5, 5.41) is 8.02. The average Bonchev–Trinajstić information content (AvgIpc) is 0.754. The summed E-state index contributed by atoms with van der Waals surface area (Å²) in [6.07, 6.45) is 0. The molecule has 0 aliphatic carbocycles. The van der Waals surface area contributed by atoms with Crippen molar-refractivity contribution < 1.29 is 0 Å². The number of anilines is 6. The summed E-state index contributed by atoms with van der Waals surface area (Å²) in [4.78, 5) is 5.07. The van der Waals surface area contributed by atoms with E-state index in [0.717, 1.165) is 11.4 Å². The van der Waals surface area contributed by atoms with Gasteiger partial charge in [0.2, 0.25) is 13.4 Å². The van der Waals surface area contributed by atoms with Gasteiger partial charge in [0.1, 0.15) is 0 Å². The number of hydrogen-bond donors (Lipinski definition) is 0. The van der Waals surface area contributed by atoms with Crippen LogP contribution in [0.3, 0.4) is 0 Å². The molecule has 378 valence electrons. The molecule has 0 radical (unpaired) electrons. The number of fused-ring (bicyclic) bond motifs is 8. The van der Waals surface area contributed by atoms with Crippen molar-refractivity contribution in [3.63, 3.8) is 0 Å². The monoisotopic (exact) mass is 1040 g/mol. The van der Waals surface area contributed by atoms with Gasteiger partial charge in [-0.2, -0.15) is 0 Å². The molecule has 0 aromatic heterocycles. The predicted octanol–water partition coefficient (Wildman–Crippen LogP) is 16.4. The predicted molar refractivity (Wildman–Crippen MR) is 351 cm³/mol. The van der Waals surface area contributed by atoms with Crippen molar-refractivity contribution in [3.8, 4) is 66.8 Å². The van der Waals surface area contributed by atoms with Crippen LogP contribution >= 0.6 is 0 Å². The molecule has 18 rings (SSSR count). The Morgan fingerprint density at radius 2 is 0.598 bits per heavy atom. The fraction of sp³-hybridized carbons (Fsp3) is 0.0256. The molecule has 82 heavy (non-hydrogen) atoms. The summed E-state index contributed by atoms with van der Waals surface area (Å²) < 4.78 is 0. The average molecular weight is 1040 g/mol. The van der Waals surface area contributed by atoms with Crippen molar-refractivity contribution >= 4 is 113 Å². The quantitative estimate of drug-likeness (QED) is 0.121. The molecule has 0 atom stereocenters. The van der Waals surface area contributed by atoms with Crippen LogP contribution < -0.4 is 42.6 Å². The molecule has 0 bridgehead atoms. The van der Waals surface area contributed by atoms with Gasteiger partial charge in [0.05, 0.1) is 0 Å². The molecule has 0 spiro atoms. The first kappa shape index (κ1) is 45.7. The minimum Gasteiger partial charge on any atom is -0.311 e. The van der Waals surface area contributed by atoms with Crippen LogP contribution in [0.4, 0.5) is 34.1 Å². The van der Waals surface area contributed by atoms with Gasteiger partial charge in [-0.15, -0.1) is 0 Å². The van der Waals surface area contributed by atoms with Gasteiger partial charge in [-0.3, -0.25) is 0 Å². The molecule has 4 heterocycles. The van der Waals surface area contributed by atoms with Crippen LogP contribution in [0, 0.1) is 13.8 Å². The van der Waals surface area contributed by atoms with Crippen LogP contribution in [-0.4, -0.2) is 13.4 Å². The highest BCUT2D eigenvalue weighted by molar-refractivity contribution is 7.02. The lowest BCUT2D eigenvalue weighted by molar-refractivity contribution is 1.28. The highest BCUT2D eigenvalue weighted by Gasteiger charge is 2.46. The molecule has 2 nitrogen and oxygen atoms in total. The topological polar surface area (TPSA) is 6.48 Å². The molecule has 4 aliphatic rings. The third-order valence-electron chi connectivity index (χ3n) is 18.6. The smallest absolute Gasteiger partial charge is 0.248 e. The van der Waals surface area contributed by atoms with Gasteiger partial charge >= 0.3 is 0 Å². The summed E-state index contributed by atoms with van der Waals surface area (Å²) in [5.41, 5.74) is 33.0. The maximum Gasteiger partial charge on any atom is 0.248 e. The van der Waals surface area contributed by atoms with E-state index in [9.17, 15) is 0 Å². The van der Waals surface area contributed by atoms with E-state index in [2.05, 4.69) is 291 Å². The number of rotatable bonds is 6. The maximum atomic E-state index is 2.68. The lowest BCUT2D eigenvalue weighted by Gasteiger charge is -2.42. The fourth-order valence-corrected chi connectivity index (χ4v) is 15.5. The first-order valence-corrected chi connectivity index (χ1v) is 28.9. The molecular formula is C78H50B2N2. The Bertz CT molecular complexity index is 4700. The van der Waals surface area contributed by atoms with Crippen LogP contribution in [0.25, 0.3) is 99.1 Å². The van der Waals surface area contributed by atoms with E-state index in [1.807, 2.05) is 0 Å². The first-order chi connectivity index (χ1) is 40.6. The minimum atomic E-state index is -0.0345. The SMILES string of the molecule is Cc1cc2c3c(c1)N(c1ccccc1)c1ccccc1B3c1cc3c(-c4ccccc4-c4ccccc4)cc4c5c(cc6c(-c7ccccc7-c7ccccc7)cc-2c1c6c35)B1c2ccccc2N(c2ccccc2)c2cc(C)cc-4c21. The Kier molecular flexibility index (Phi) is 9.57. The molecule has 0 fully saturated rings. The Morgan fingerprint density at radius 1 is 0.244 bits per heavy atom. The number of aryl methyl sites for hydroxylation is 2. The van der Waals surface area contributed by atoms with E-state index in [1.165, 1.54) is 166 Å². The molecule has 0 amide bonds. The summed E-state index contributed by atoms with van der Waals surface area (Å²) in [7, 11) is 0. The molecular weight excluding hydrogens is 986 g/mol. The zero-order valence-corrected chi connectivity index (χ0v) is 45.5. The van der Waals surface area contributed by atoms with Crippen LogP contribution in [0.5, 0.6) is 0 Å². The molecule has 4 aliphatic heterocycles. The van der Waals surface area contributed by atoms with Gasteiger partial charge in [-0.1, -0.05) is 217 Å². The third kappa shape index (κ3) is 6.27. The number of hydrogen-bond acceptors (Lipinski definition) is 2. The van der Waals surface area contributed by atoms with E-state index < -0.39 is 0 Å². The van der Waals surface area contributed by atoms with Crippen molar-refractivity contribution in [3.05, 3.63) is 278 Å². The zero-order valence-electron chi connectivity index (χ0n) is 45.5. The second kappa shape index (κ2) is 17.2. The molecule has 0 unspecified atom stereocenters. The number of benzene rings is 14. The summed E-state index contributed by atoms with van der Waals surface area (Å²) >= 11 is 0. The Hall–Kier alpha value is -10.2. The minimum absolute atomic E-state index is 0.0345. The molecule has 0 saturated heterocycles. The third-order valence-corrected chi connectivity index (χ3v) is 18.6. The summed E-state index contributed by atoms with van der Waals surface area (Å²) in [5.74, 6) is 0. The van der Waals surface area contributed by atoms with Crippen molar-refractivity contribution in [1.82, 2.24) is 0 Å². The Labute approximate surface area is 478 Å². The van der Waals surface area contributed by atoms with Crippen molar-refractivity contribution in [1.29, 1.82) is 0 Å². The molecule has 14 aromatic carbocycles. The highest BCUT2D eigenvalue weighted by Crippen LogP contribution is 2.54. The van der Waals surface area contributed by atoms with Crippen LogP contribution in [0.2, 0.25) is 0 Å². The maximum absolute atomic E-state index is 2.68. The molecule has 14 aromatic rings. The number of para-hydroxylation sites is 4. The van der Waals surface area contributed by atoms with Gasteiger partial charge in [-0.25, -0.2) is 0 Å². The van der Waals surface area contributed by atoms with Gasteiger partial charge in [-0.05, 0) is 207 Å². The van der Waals surface area contributed by atoms with E-state index in [-0.39, 0.29) is 13.4 Å². The zero-order chi connectivity index (χ0) is 53.9. The summed E-state index contributed by atoms with van der Waals surface area (Å²) in [6, 6.07) is 101. The normalized spacial score (nSPS) is 13.1. The van der Waals surface area contributed by atoms with Crippen molar-refractivity contribution in [2.75, 3.05) is 9.80 Å². The summed E-state index contributed by atoms with van der Waals surface area (Å²) in [6.45, 7) is 4.52. The van der Waals surface area contributed by atoms with Gasteiger partial charge in [0.15, 0.2) is 0 Å². The van der Waals surface area contributed by atoms with Crippen LogP contribution in [-0.2, 0) is 0 Å². The second-order valence-corrected chi connectivity index (χ2v) is 23.1. The van der Waals surface area contributed by atoms with Crippen LogP contribution in [0.1, 0.15) is 11.1 Å². The Balaban J connectivity index is 1.07. The number of nitrogens with zero attached hydrogens (tertiary/aromatic N) is 2. The molecule has 4 heteroatoms. The Morgan fingerprint density at radius 3 is 1.01 bits per heavy atom. The van der Waals surface area contributed by atoms with E-state index >= 15 is 0 Å². The van der Waals surface area contributed by atoms with E-state index in [4.69, 9.17) is 0 Å². The first-order valence-electron chi connectivity index (χ1n) is 28.9. The molecule has 0 N–H and O–H groups in total. The van der Waals surface area contributed by atoms with Gasteiger partial charge in [0.25, 0.3) is 0 Å². The largest absolute Gasteiger partial charge is 0.311 e. The highest BCUT2D eigenvalue weighted by atomic mass is 15.2.